The van der Waals surface area contributed by atoms with Crippen LogP contribution in [0.2, 0.25) is 0 Å². The Kier molecular flexibility index (Phi) is 7.97. The van der Waals surface area contributed by atoms with Gasteiger partial charge >= 0.3 is 0 Å². The van der Waals surface area contributed by atoms with Crippen LogP contribution in [0.5, 0.6) is 5.75 Å². The number of benzene rings is 3. The van der Waals surface area contributed by atoms with Crippen molar-refractivity contribution in [1.82, 2.24) is 0 Å². The predicted octanol–water partition coefficient (Wildman–Crippen LogP) is 7.99. The van der Waals surface area contributed by atoms with Gasteiger partial charge in [-0.1, -0.05) is 48.6 Å². The number of hydrogen-bond donors (Lipinski definition) is 1. The van der Waals surface area contributed by atoms with Crippen LogP contribution < -0.4 is 4.74 Å². The first-order valence-corrected chi connectivity index (χ1v) is 12.2. The summed E-state index contributed by atoms with van der Waals surface area (Å²) in [7, 11) is 0. The van der Waals surface area contributed by atoms with Gasteiger partial charge in [0.25, 0.3) is 0 Å². The molecule has 1 aliphatic carbocycles. The molecular weight excluding hydrogens is 449 g/mol. The minimum atomic E-state index is -0.843. The van der Waals surface area contributed by atoms with Crippen molar-refractivity contribution in [3.8, 4) is 16.9 Å². The smallest absolute Gasteiger partial charge is 0.166 e. The summed E-state index contributed by atoms with van der Waals surface area (Å²) in [5, 5.41) is 9.77. The fourth-order valence-electron chi connectivity index (χ4n) is 4.88. The van der Waals surface area contributed by atoms with E-state index in [0.29, 0.717) is 23.5 Å². The van der Waals surface area contributed by atoms with Crippen LogP contribution in [0.4, 0.5) is 13.2 Å². The number of ether oxygens (including phenoxy) is 1. The van der Waals surface area contributed by atoms with E-state index in [0.717, 1.165) is 36.8 Å². The highest BCUT2D eigenvalue weighted by Gasteiger charge is 2.28. The standard InChI is InChI=1S/C30H31F3O2/c1-3-35-25-15-17-26(28(31)18-25)22-7-4-20(5-8-22)6-9-24-14-16-27(30(33)29(24)32)23-12-10-21(11-13-23)19(2)34/h4-9,14-19,21,23,34H,3,10-13H2,1-2H3/b9-6+. The van der Waals surface area contributed by atoms with Crippen LogP contribution in [0.25, 0.3) is 23.3 Å². The SMILES string of the molecule is CCOc1ccc(-c2ccc(/C=C/c3ccc(C4CCC(C(C)O)CC4)c(F)c3F)cc2)c(F)c1. The molecule has 0 spiro atoms. The zero-order valence-electron chi connectivity index (χ0n) is 20.1. The molecule has 5 heteroatoms. The highest BCUT2D eigenvalue weighted by atomic mass is 19.2. The van der Waals surface area contributed by atoms with Crippen molar-refractivity contribution in [1.29, 1.82) is 0 Å². The Labute approximate surface area is 205 Å². The largest absolute Gasteiger partial charge is 0.494 e. The van der Waals surface area contributed by atoms with E-state index < -0.39 is 11.6 Å². The molecule has 3 aromatic carbocycles. The van der Waals surface area contributed by atoms with E-state index in [4.69, 9.17) is 4.74 Å². The van der Waals surface area contributed by atoms with E-state index in [2.05, 4.69) is 0 Å². The first kappa shape index (κ1) is 25.1. The molecule has 0 bridgehead atoms. The van der Waals surface area contributed by atoms with E-state index in [1.807, 2.05) is 19.1 Å². The summed E-state index contributed by atoms with van der Waals surface area (Å²) in [4.78, 5) is 0. The molecule has 35 heavy (non-hydrogen) atoms. The molecule has 4 rings (SSSR count). The molecule has 3 aromatic rings. The van der Waals surface area contributed by atoms with E-state index in [9.17, 15) is 18.3 Å². The second-order valence-electron chi connectivity index (χ2n) is 9.25. The first-order chi connectivity index (χ1) is 16.9. The van der Waals surface area contributed by atoms with Crippen LogP contribution in [0.15, 0.2) is 54.6 Å². The van der Waals surface area contributed by atoms with Crippen molar-refractivity contribution in [2.24, 2.45) is 5.92 Å². The maximum atomic E-state index is 14.9. The Morgan fingerprint density at radius 1 is 0.914 bits per heavy atom. The third kappa shape index (κ3) is 5.79. The van der Waals surface area contributed by atoms with Gasteiger partial charge in [0.05, 0.1) is 12.7 Å². The number of halogens is 3. The van der Waals surface area contributed by atoms with E-state index in [1.54, 1.807) is 55.5 Å². The summed E-state index contributed by atoms with van der Waals surface area (Å²) in [6.07, 6.45) is 6.05. The summed E-state index contributed by atoms with van der Waals surface area (Å²) in [5.41, 5.74) is 2.58. The van der Waals surface area contributed by atoms with Gasteiger partial charge in [0.1, 0.15) is 11.6 Å². The van der Waals surface area contributed by atoms with Crippen LogP contribution in [0.1, 0.15) is 62.1 Å². The topological polar surface area (TPSA) is 29.5 Å². The summed E-state index contributed by atoms with van der Waals surface area (Å²) in [6.45, 7) is 4.11. The second-order valence-corrected chi connectivity index (χ2v) is 9.25. The van der Waals surface area contributed by atoms with Gasteiger partial charge in [-0.05, 0) is 80.2 Å². The molecule has 1 fully saturated rings. The Balaban J connectivity index is 1.46. The molecule has 1 aliphatic rings. The van der Waals surface area contributed by atoms with Gasteiger partial charge in [0.2, 0.25) is 0 Å². The molecule has 1 atom stereocenters. The Hall–Kier alpha value is -3.05. The minimum Gasteiger partial charge on any atom is -0.494 e. The van der Waals surface area contributed by atoms with Gasteiger partial charge in [-0.15, -0.1) is 0 Å². The molecule has 184 valence electrons. The van der Waals surface area contributed by atoms with Gasteiger partial charge in [-0.25, -0.2) is 13.2 Å². The van der Waals surface area contributed by atoms with Crippen LogP contribution in [-0.4, -0.2) is 17.8 Å². The number of rotatable bonds is 7. The van der Waals surface area contributed by atoms with E-state index in [-0.39, 0.29) is 29.3 Å². The van der Waals surface area contributed by atoms with Gasteiger partial charge < -0.3 is 9.84 Å². The molecule has 0 saturated heterocycles. The van der Waals surface area contributed by atoms with Gasteiger partial charge in [-0.2, -0.15) is 0 Å². The first-order valence-electron chi connectivity index (χ1n) is 12.2. The quantitative estimate of drug-likeness (QED) is 0.347. The third-order valence-electron chi connectivity index (χ3n) is 6.96. The molecular formula is C30H31F3O2. The Morgan fingerprint density at radius 2 is 1.63 bits per heavy atom. The van der Waals surface area contributed by atoms with Crippen molar-refractivity contribution < 1.29 is 23.0 Å². The van der Waals surface area contributed by atoms with E-state index in [1.165, 1.54) is 6.07 Å². The van der Waals surface area contributed by atoms with Crippen molar-refractivity contribution in [3.63, 3.8) is 0 Å². The highest BCUT2D eigenvalue weighted by Crippen LogP contribution is 2.39. The molecule has 1 saturated carbocycles. The lowest BCUT2D eigenvalue weighted by molar-refractivity contribution is 0.0963. The monoisotopic (exact) mass is 480 g/mol. The van der Waals surface area contributed by atoms with Crippen LogP contribution in [-0.2, 0) is 0 Å². The zero-order valence-corrected chi connectivity index (χ0v) is 20.1. The van der Waals surface area contributed by atoms with Crippen molar-refractivity contribution in [2.75, 3.05) is 6.61 Å². The fraction of sp³-hybridized carbons (Fsp3) is 0.333. The molecule has 0 aliphatic heterocycles. The molecule has 0 amide bonds. The number of aliphatic hydroxyl groups is 1. The number of aliphatic hydroxyl groups excluding tert-OH is 1. The molecule has 0 aromatic heterocycles. The third-order valence-corrected chi connectivity index (χ3v) is 6.96. The fourth-order valence-corrected chi connectivity index (χ4v) is 4.88. The van der Waals surface area contributed by atoms with Gasteiger partial charge in [0, 0.05) is 17.2 Å². The highest BCUT2D eigenvalue weighted by molar-refractivity contribution is 5.73. The van der Waals surface area contributed by atoms with Crippen LogP contribution >= 0.6 is 0 Å². The van der Waals surface area contributed by atoms with Crippen LogP contribution in [0.3, 0.4) is 0 Å². The summed E-state index contributed by atoms with van der Waals surface area (Å²) in [6, 6.07) is 15.3. The average Bonchev–Trinajstić information content (AvgIpc) is 2.86. The predicted molar refractivity (Wildman–Crippen MR) is 135 cm³/mol. The number of hydrogen-bond acceptors (Lipinski definition) is 2. The Morgan fingerprint density at radius 3 is 2.26 bits per heavy atom. The molecule has 1 N–H and O–H groups in total. The zero-order chi connectivity index (χ0) is 24.9. The van der Waals surface area contributed by atoms with Crippen LogP contribution in [0, 0.1) is 23.4 Å². The summed E-state index contributed by atoms with van der Waals surface area (Å²) in [5.74, 6) is -1.29. The normalized spacial score (nSPS) is 19.1. The Bertz CT molecular complexity index is 1180. The molecule has 1 unspecified atom stereocenters. The summed E-state index contributed by atoms with van der Waals surface area (Å²) >= 11 is 0. The lowest BCUT2D eigenvalue weighted by atomic mass is 9.76. The van der Waals surface area contributed by atoms with E-state index >= 15 is 0 Å². The summed E-state index contributed by atoms with van der Waals surface area (Å²) < 4.78 is 49.5. The molecule has 0 heterocycles. The van der Waals surface area contributed by atoms with Crippen molar-refractivity contribution in [2.45, 2.75) is 51.6 Å². The van der Waals surface area contributed by atoms with Crippen molar-refractivity contribution in [3.05, 3.63) is 88.7 Å². The molecule has 0 radical (unpaired) electrons. The maximum Gasteiger partial charge on any atom is 0.166 e. The van der Waals surface area contributed by atoms with Crippen molar-refractivity contribution >= 4 is 12.2 Å². The maximum absolute atomic E-state index is 14.9. The van der Waals surface area contributed by atoms with Gasteiger partial charge in [0.15, 0.2) is 11.6 Å². The second kappa shape index (κ2) is 11.1. The lowest BCUT2D eigenvalue weighted by Gasteiger charge is -2.30. The average molecular weight is 481 g/mol. The lowest BCUT2D eigenvalue weighted by Crippen LogP contribution is -2.23. The van der Waals surface area contributed by atoms with Gasteiger partial charge in [-0.3, -0.25) is 0 Å². The molecule has 2 nitrogen and oxygen atoms in total. The minimum absolute atomic E-state index is 0.0203.